The second kappa shape index (κ2) is 7.42. The first-order valence-corrected chi connectivity index (χ1v) is 7.98. The number of nitrogens with one attached hydrogen (secondary N) is 1. The van der Waals surface area contributed by atoms with Gasteiger partial charge < -0.3 is 10.4 Å². The van der Waals surface area contributed by atoms with Crippen molar-refractivity contribution >= 4 is 5.91 Å². The van der Waals surface area contributed by atoms with Gasteiger partial charge in [-0.15, -0.1) is 0 Å². The molecule has 1 amide bonds. The number of amides is 1. The van der Waals surface area contributed by atoms with E-state index in [-0.39, 0.29) is 12.5 Å². The van der Waals surface area contributed by atoms with Crippen LogP contribution in [0, 0.1) is 5.92 Å². The van der Waals surface area contributed by atoms with Crippen LogP contribution in [-0.2, 0) is 0 Å². The number of hydrogen-bond donors (Lipinski definition) is 2. The number of benzene rings is 1. The molecule has 1 atom stereocenters. The van der Waals surface area contributed by atoms with Crippen molar-refractivity contribution in [3.05, 3.63) is 48.3 Å². The molecule has 1 aromatic heterocycles. The van der Waals surface area contributed by atoms with E-state index in [1.54, 1.807) is 29.9 Å². The molecule has 0 spiro atoms. The predicted octanol–water partition coefficient (Wildman–Crippen LogP) is 2.79. The van der Waals surface area contributed by atoms with Crippen LogP contribution in [0.3, 0.4) is 0 Å². The highest BCUT2D eigenvalue weighted by Gasteiger charge is 2.21. The Morgan fingerprint density at radius 3 is 2.61 bits per heavy atom. The minimum atomic E-state index is -0.880. The fourth-order valence-corrected chi connectivity index (χ4v) is 2.25. The number of carbonyl (C=O) groups is 1. The summed E-state index contributed by atoms with van der Waals surface area (Å²) < 4.78 is 1.73. The van der Waals surface area contributed by atoms with Crippen LogP contribution < -0.4 is 5.32 Å². The number of aliphatic hydroxyl groups is 1. The van der Waals surface area contributed by atoms with Gasteiger partial charge in [0.2, 0.25) is 0 Å². The number of hydrogen-bond acceptors (Lipinski definition) is 3. The second-order valence-electron chi connectivity index (χ2n) is 6.61. The SMILES string of the molecule is CC(C)CCC(C)(O)CNC(=O)c1ccc(-n2cccn2)cc1. The molecule has 2 rings (SSSR count). The van der Waals surface area contributed by atoms with Crippen molar-refractivity contribution in [2.24, 2.45) is 5.92 Å². The minimum absolute atomic E-state index is 0.179. The third-order valence-corrected chi connectivity index (χ3v) is 3.79. The Balaban J connectivity index is 1.90. The molecule has 0 bridgehead atoms. The van der Waals surface area contributed by atoms with Gasteiger partial charge in [-0.1, -0.05) is 13.8 Å². The van der Waals surface area contributed by atoms with Crippen molar-refractivity contribution in [3.8, 4) is 5.69 Å². The lowest BCUT2D eigenvalue weighted by Gasteiger charge is -2.24. The number of nitrogens with zero attached hydrogens (tertiary/aromatic N) is 2. The van der Waals surface area contributed by atoms with E-state index >= 15 is 0 Å². The summed E-state index contributed by atoms with van der Waals surface area (Å²) in [4.78, 5) is 12.2. The zero-order valence-electron chi connectivity index (χ0n) is 14.0. The lowest BCUT2D eigenvalue weighted by atomic mass is 9.95. The highest BCUT2D eigenvalue weighted by atomic mass is 16.3. The Bertz CT molecular complexity index is 616. The topological polar surface area (TPSA) is 67.2 Å². The maximum atomic E-state index is 12.2. The quantitative estimate of drug-likeness (QED) is 0.825. The van der Waals surface area contributed by atoms with E-state index in [0.29, 0.717) is 17.9 Å². The Kier molecular flexibility index (Phi) is 5.55. The normalized spacial score (nSPS) is 13.8. The summed E-state index contributed by atoms with van der Waals surface area (Å²) in [6.07, 6.45) is 5.16. The molecule has 1 aromatic carbocycles. The average Bonchev–Trinajstić information content (AvgIpc) is 3.05. The third-order valence-electron chi connectivity index (χ3n) is 3.79. The highest BCUT2D eigenvalue weighted by molar-refractivity contribution is 5.94. The summed E-state index contributed by atoms with van der Waals surface area (Å²) in [5.74, 6) is 0.355. The van der Waals surface area contributed by atoms with Crippen LogP contribution >= 0.6 is 0 Å². The van der Waals surface area contributed by atoms with E-state index in [1.807, 2.05) is 24.4 Å². The molecule has 0 aliphatic carbocycles. The lowest BCUT2D eigenvalue weighted by molar-refractivity contribution is 0.0429. The van der Waals surface area contributed by atoms with Gasteiger partial charge >= 0.3 is 0 Å². The minimum Gasteiger partial charge on any atom is -0.388 e. The van der Waals surface area contributed by atoms with Crippen molar-refractivity contribution in [2.45, 2.75) is 39.2 Å². The lowest BCUT2D eigenvalue weighted by Crippen LogP contribution is -2.40. The van der Waals surface area contributed by atoms with E-state index in [0.717, 1.165) is 12.1 Å². The van der Waals surface area contributed by atoms with Gasteiger partial charge in [-0.3, -0.25) is 4.79 Å². The number of rotatable bonds is 7. The first-order chi connectivity index (χ1) is 10.9. The zero-order valence-corrected chi connectivity index (χ0v) is 14.0. The van der Waals surface area contributed by atoms with Crippen molar-refractivity contribution in [3.63, 3.8) is 0 Å². The molecule has 124 valence electrons. The van der Waals surface area contributed by atoms with Crippen molar-refractivity contribution < 1.29 is 9.90 Å². The Hall–Kier alpha value is -2.14. The second-order valence-corrected chi connectivity index (χ2v) is 6.61. The molecule has 0 aliphatic heterocycles. The molecule has 0 fully saturated rings. The molecule has 0 radical (unpaired) electrons. The molecule has 0 saturated heterocycles. The summed E-state index contributed by atoms with van der Waals surface area (Å²) in [6, 6.07) is 9.06. The third kappa shape index (κ3) is 5.21. The maximum Gasteiger partial charge on any atom is 0.251 e. The molecule has 2 N–H and O–H groups in total. The first-order valence-electron chi connectivity index (χ1n) is 7.98. The van der Waals surface area contributed by atoms with E-state index in [9.17, 15) is 9.90 Å². The molecular weight excluding hydrogens is 290 g/mol. The Morgan fingerprint density at radius 2 is 2.04 bits per heavy atom. The molecule has 1 unspecified atom stereocenters. The van der Waals surface area contributed by atoms with Crippen LogP contribution in [0.1, 0.15) is 44.0 Å². The summed E-state index contributed by atoms with van der Waals surface area (Å²) in [7, 11) is 0. The fraction of sp³-hybridized carbons (Fsp3) is 0.444. The molecule has 2 aromatic rings. The van der Waals surface area contributed by atoms with Gasteiger partial charge in [0.1, 0.15) is 0 Å². The maximum absolute atomic E-state index is 12.2. The smallest absolute Gasteiger partial charge is 0.251 e. The van der Waals surface area contributed by atoms with E-state index in [2.05, 4.69) is 24.3 Å². The first kappa shape index (κ1) is 17.2. The van der Waals surface area contributed by atoms with Gasteiger partial charge in [-0.05, 0) is 56.0 Å². The van der Waals surface area contributed by atoms with Crippen LogP contribution in [0.4, 0.5) is 0 Å². The van der Waals surface area contributed by atoms with Gasteiger partial charge in [-0.2, -0.15) is 5.10 Å². The molecule has 0 aliphatic rings. The fourth-order valence-electron chi connectivity index (χ4n) is 2.25. The Morgan fingerprint density at radius 1 is 1.35 bits per heavy atom. The van der Waals surface area contributed by atoms with Crippen LogP contribution in [-0.4, -0.2) is 32.9 Å². The van der Waals surface area contributed by atoms with Gasteiger partial charge in [0.05, 0.1) is 11.3 Å². The summed E-state index contributed by atoms with van der Waals surface area (Å²) in [6.45, 7) is 6.25. The van der Waals surface area contributed by atoms with E-state index in [4.69, 9.17) is 0 Å². The standard InChI is InChI=1S/C18H25N3O2/c1-14(2)9-10-18(3,23)13-19-17(22)15-5-7-16(8-6-15)21-12-4-11-20-21/h4-8,11-12,14,23H,9-10,13H2,1-3H3,(H,19,22). The summed E-state index contributed by atoms with van der Waals surface area (Å²) in [5.41, 5.74) is 0.589. The monoisotopic (exact) mass is 315 g/mol. The van der Waals surface area contributed by atoms with Gasteiger partial charge in [0.15, 0.2) is 0 Å². The van der Waals surface area contributed by atoms with Crippen molar-refractivity contribution in [1.29, 1.82) is 0 Å². The predicted molar refractivity (Wildman–Crippen MR) is 90.6 cm³/mol. The molecule has 1 heterocycles. The molecule has 5 heteroatoms. The summed E-state index contributed by atoms with van der Waals surface area (Å²) in [5, 5.41) is 17.3. The number of carbonyl (C=O) groups excluding carboxylic acids is 1. The molecule has 23 heavy (non-hydrogen) atoms. The largest absolute Gasteiger partial charge is 0.388 e. The summed E-state index contributed by atoms with van der Waals surface area (Å²) >= 11 is 0. The van der Waals surface area contributed by atoms with E-state index < -0.39 is 5.60 Å². The molecule has 0 saturated carbocycles. The van der Waals surface area contributed by atoms with Gasteiger partial charge in [0.25, 0.3) is 5.91 Å². The van der Waals surface area contributed by atoms with Crippen LogP contribution in [0.2, 0.25) is 0 Å². The van der Waals surface area contributed by atoms with Gasteiger partial charge in [0, 0.05) is 24.5 Å². The average molecular weight is 315 g/mol. The Labute approximate surface area is 137 Å². The molecular formula is C18H25N3O2. The molecule has 5 nitrogen and oxygen atoms in total. The van der Waals surface area contributed by atoms with Crippen molar-refractivity contribution in [1.82, 2.24) is 15.1 Å². The van der Waals surface area contributed by atoms with Crippen LogP contribution in [0.25, 0.3) is 5.69 Å². The van der Waals surface area contributed by atoms with Crippen LogP contribution in [0.5, 0.6) is 0 Å². The zero-order chi connectivity index (χ0) is 16.9. The number of aromatic nitrogens is 2. The van der Waals surface area contributed by atoms with Crippen molar-refractivity contribution in [2.75, 3.05) is 6.54 Å². The van der Waals surface area contributed by atoms with Crippen LogP contribution in [0.15, 0.2) is 42.7 Å². The van der Waals surface area contributed by atoms with Gasteiger partial charge in [-0.25, -0.2) is 4.68 Å². The van der Waals surface area contributed by atoms with E-state index in [1.165, 1.54) is 0 Å². The highest BCUT2D eigenvalue weighted by Crippen LogP contribution is 2.16.